The lowest BCUT2D eigenvalue weighted by Gasteiger charge is -2.05. The van der Waals surface area contributed by atoms with Gasteiger partial charge >= 0.3 is 17.7 Å². The lowest BCUT2D eigenvalue weighted by molar-refractivity contribution is -0.385. The molecule has 106 valence electrons. The van der Waals surface area contributed by atoms with Crippen molar-refractivity contribution >= 4 is 17.3 Å². The third kappa shape index (κ3) is 3.31. The zero-order chi connectivity index (χ0) is 15.4. The normalized spacial score (nSPS) is 9.76. The molecule has 0 saturated carbocycles. The van der Waals surface area contributed by atoms with Gasteiger partial charge in [0.1, 0.15) is 0 Å². The van der Waals surface area contributed by atoms with Crippen molar-refractivity contribution < 1.29 is 14.4 Å². The minimum Gasteiger partial charge on any atom is -0.467 e. The van der Waals surface area contributed by atoms with Gasteiger partial charge < -0.3 is 9.47 Å². The highest BCUT2D eigenvalue weighted by Gasteiger charge is 2.18. The van der Waals surface area contributed by atoms with E-state index < -0.39 is 10.6 Å². The number of halogens is 1. The van der Waals surface area contributed by atoms with E-state index in [0.717, 1.165) is 6.07 Å². The van der Waals surface area contributed by atoms with Gasteiger partial charge in [0.05, 0.1) is 23.7 Å². The molecule has 21 heavy (non-hydrogen) atoms. The van der Waals surface area contributed by atoms with Crippen LogP contribution in [0, 0.1) is 21.4 Å². The second kappa shape index (κ2) is 5.98. The van der Waals surface area contributed by atoms with E-state index in [1.807, 2.05) is 0 Å². The molecule has 10 heteroatoms. The van der Waals surface area contributed by atoms with E-state index in [-0.39, 0.29) is 28.6 Å². The zero-order valence-electron chi connectivity index (χ0n) is 10.5. The second-order valence-corrected chi connectivity index (χ2v) is 3.87. The van der Waals surface area contributed by atoms with Gasteiger partial charge in [-0.1, -0.05) is 0 Å². The van der Waals surface area contributed by atoms with Gasteiger partial charge in [0.15, 0.2) is 0 Å². The Bertz CT molecular complexity index is 746. The Balaban J connectivity index is 2.42. The Labute approximate surface area is 122 Å². The smallest absolute Gasteiger partial charge is 0.329 e. The minimum atomic E-state index is -0.684. The molecule has 9 nitrogen and oxygen atoms in total. The fourth-order valence-electron chi connectivity index (χ4n) is 1.37. The van der Waals surface area contributed by atoms with Gasteiger partial charge in [-0.25, -0.2) is 0 Å². The Morgan fingerprint density at radius 2 is 2.05 bits per heavy atom. The molecule has 0 N–H and O–H groups in total. The maximum absolute atomic E-state index is 11.0. The van der Waals surface area contributed by atoms with Gasteiger partial charge in [-0.05, 0) is 23.7 Å². The van der Waals surface area contributed by atoms with Gasteiger partial charge in [0.2, 0.25) is 11.0 Å². The van der Waals surface area contributed by atoms with Gasteiger partial charge in [-0.2, -0.15) is 15.2 Å². The average molecular weight is 308 g/mol. The molecular formula is C11H6ClN5O4. The summed E-state index contributed by atoms with van der Waals surface area (Å²) >= 11 is 5.65. The highest BCUT2D eigenvalue weighted by molar-refractivity contribution is 6.28. The Kier molecular flexibility index (Phi) is 4.10. The van der Waals surface area contributed by atoms with Gasteiger partial charge in [-0.15, -0.1) is 4.98 Å². The zero-order valence-corrected chi connectivity index (χ0v) is 11.2. The van der Waals surface area contributed by atoms with Crippen LogP contribution in [0.15, 0.2) is 18.2 Å². The summed E-state index contributed by atoms with van der Waals surface area (Å²) in [7, 11) is 1.32. The standard InChI is InChI=1S/C11H6ClN5O4/c1-20-10-14-9(12)15-11(16-10)21-8-3-2-6(5-13)4-7(8)17(18)19/h2-4H,1H3. The van der Waals surface area contributed by atoms with Crippen LogP contribution < -0.4 is 9.47 Å². The number of nitriles is 1. The topological polar surface area (TPSA) is 124 Å². The molecule has 0 spiro atoms. The predicted molar refractivity (Wildman–Crippen MR) is 69.3 cm³/mol. The van der Waals surface area contributed by atoms with Crippen LogP contribution in [0.3, 0.4) is 0 Å². The molecule has 0 aliphatic heterocycles. The van der Waals surface area contributed by atoms with E-state index in [9.17, 15) is 10.1 Å². The van der Waals surface area contributed by atoms with Crippen LogP contribution in [0.2, 0.25) is 5.28 Å². The van der Waals surface area contributed by atoms with E-state index in [2.05, 4.69) is 15.0 Å². The number of nitro groups is 1. The summed E-state index contributed by atoms with van der Waals surface area (Å²) in [4.78, 5) is 21.4. The molecule has 2 aromatic rings. The lowest BCUT2D eigenvalue weighted by atomic mass is 10.2. The number of benzene rings is 1. The van der Waals surface area contributed by atoms with E-state index in [0.29, 0.717) is 0 Å². The fourth-order valence-corrected chi connectivity index (χ4v) is 1.51. The van der Waals surface area contributed by atoms with E-state index >= 15 is 0 Å². The number of ether oxygens (including phenoxy) is 2. The molecule has 0 saturated heterocycles. The molecule has 0 atom stereocenters. The number of methoxy groups -OCH3 is 1. The first-order valence-corrected chi connectivity index (χ1v) is 5.73. The van der Waals surface area contributed by atoms with Crippen molar-refractivity contribution in [3.63, 3.8) is 0 Å². The molecule has 0 unspecified atom stereocenters. The van der Waals surface area contributed by atoms with Crippen molar-refractivity contribution in [3.05, 3.63) is 39.2 Å². The molecule has 0 bridgehead atoms. The fraction of sp³-hybridized carbons (Fsp3) is 0.0909. The highest BCUT2D eigenvalue weighted by atomic mass is 35.5. The average Bonchev–Trinajstić information content (AvgIpc) is 2.46. The first kappa shape index (κ1) is 14.4. The summed E-state index contributed by atoms with van der Waals surface area (Å²) in [5, 5.41) is 19.5. The van der Waals surface area contributed by atoms with Gasteiger partial charge in [0.25, 0.3) is 0 Å². The number of nitrogens with zero attached hydrogens (tertiary/aromatic N) is 5. The van der Waals surface area contributed by atoms with Gasteiger partial charge in [-0.3, -0.25) is 10.1 Å². The van der Waals surface area contributed by atoms with Crippen molar-refractivity contribution in [2.24, 2.45) is 0 Å². The molecule has 0 fully saturated rings. The predicted octanol–water partition coefficient (Wildman–Crippen LogP) is 2.11. The molecule has 1 aromatic heterocycles. The highest BCUT2D eigenvalue weighted by Crippen LogP contribution is 2.31. The molecule has 0 aliphatic rings. The number of aromatic nitrogens is 3. The van der Waals surface area contributed by atoms with Crippen LogP contribution in [0.25, 0.3) is 0 Å². The third-order valence-corrected chi connectivity index (χ3v) is 2.40. The Morgan fingerprint density at radius 3 is 2.67 bits per heavy atom. The Morgan fingerprint density at radius 1 is 1.33 bits per heavy atom. The second-order valence-electron chi connectivity index (χ2n) is 3.53. The first-order chi connectivity index (χ1) is 10.0. The summed E-state index contributed by atoms with van der Waals surface area (Å²) < 4.78 is 10.00. The summed E-state index contributed by atoms with van der Waals surface area (Å²) in [6.45, 7) is 0. The summed E-state index contributed by atoms with van der Waals surface area (Å²) in [6.07, 6.45) is 0. The maximum atomic E-state index is 11.0. The largest absolute Gasteiger partial charge is 0.467 e. The van der Waals surface area contributed by atoms with E-state index in [1.165, 1.54) is 19.2 Å². The van der Waals surface area contributed by atoms with Gasteiger partial charge in [0, 0.05) is 6.07 Å². The minimum absolute atomic E-state index is 0.0960. The van der Waals surface area contributed by atoms with Crippen molar-refractivity contribution in [2.75, 3.05) is 7.11 Å². The van der Waals surface area contributed by atoms with Crippen LogP contribution in [-0.2, 0) is 0 Å². The number of hydrogen-bond donors (Lipinski definition) is 0. The van der Waals surface area contributed by atoms with Crippen molar-refractivity contribution in [2.45, 2.75) is 0 Å². The molecule has 1 heterocycles. The quantitative estimate of drug-likeness (QED) is 0.621. The summed E-state index contributed by atoms with van der Waals surface area (Å²) in [6, 6.07) is 5.15. The maximum Gasteiger partial charge on any atom is 0.329 e. The molecule has 2 rings (SSSR count). The molecule has 0 aliphatic carbocycles. The van der Waals surface area contributed by atoms with E-state index in [1.54, 1.807) is 6.07 Å². The van der Waals surface area contributed by atoms with Crippen LogP contribution in [0.1, 0.15) is 5.56 Å². The third-order valence-electron chi connectivity index (χ3n) is 2.24. The molecule has 1 aromatic carbocycles. The Hall–Kier alpha value is -2.99. The SMILES string of the molecule is COc1nc(Cl)nc(Oc2ccc(C#N)cc2[N+](=O)[O-])n1. The van der Waals surface area contributed by atoms with E-state index in [4.69, 9.17) is 26.3 Å². The number of hydrogen-bond acceptors (Lipinski definition) is 8. The van der Waals surface area contributed by atoms with Crippen molar-refractivity contribution in [1.29, 1.82) is 5.26 Å². The van der Waals surface area contributed by atoms with Crippen LogP contribution in [0.4, 0.5) is 5.69 Å². The van der Waals surface area contributed by atoms with Crippen molar-refractivity contribution in [3.8, 4) is 23.8 Å². The molecule has 0 amide bonds. The van der Waals surface area contributed by atoms with Crippen LogP contribution in [-0.4, -0.2) is 27.0 Å². The molecule has 0 radical (unpaired) electrons. The monoisotopic (exact) mass is 307 g/mol. The summed E-state index contributed by atoms with van der Waals surface area (Å²) in [5.41, 5.74) is -0.273. The molecular weight excluding hydrogens is 302 g/mol. The van der Waals surface area contributed by atoms with Crippen molar-refractivity contribution in [1.82, 2.24) is 15.0 Å². The lowest BCUT2D eigenvalue weighted by Crippen LogP contribution is -2.00. The first-order valence-electron chi connectivity index (χ1n) is 5.35. The van der Waals surface area contributed by atoms with Crippen LogP contribution in [0.5, 0.6) is 17.8 Å². The number of rotatable bonds is 4. The number of nitro benzene ring substituents is 1. The summed E-state index contributed by atoms with van der Waals surface area (Å²) in [5.74, 6) is -0.136. The van der Waals surface area contributed by atoms with Crippen LogP contribution >= 0.6 is 11.6 Å².